The molecule has 0 radical (unpaired) electrons. The number of hydrogen-bond acceptors (Lipinski definition) is 2. The minimum Gasteiger partial charge on any atom is -0.383 e. The maximum absolute atomic E-state index is 4.97. The molecule has 0 spiro atoms. The van der Waals surface area contributed by atoms with E-state index in [-0.39, 0.29) is 0 Å². The average molecular weight is 127 g/mol. The van der Waals surface area contributed by atoms with E-state index in [1.54, 1.807) is 7.11 Å². The first-order chi connectivity index (χ1) is 4.33. The van der Waals surface area contributed by atoms with Crippen molar-refractivity contribution in [1.29, 1.82) is 0 Å². The van der Waals surface area contributed by atoms with Crippen molar-refractivity contribution in [2.24, 2.45) is 0 Å². The third-order valence-corrected chi connectivity index (χ3v) is 1.48. The lowest BCUT2D eigenvalue weighted by Crippen LogP contribution is -2.26. The Hall–Kier alpha value is -0.340. The van der Waals surface area contributed by atoms with Crippen LogP contribution in [0.15, 0.2) is 11.6 Å². The van der Waals surface area contributed by atoms with Crippen LogP contribution in [0.5, 0.6) is 0 Å². The molecule has 1 unspecified atom stereocenters. The van der Waals surface area contributed by atoms with Gasteiger partial charge in [0.2, 0.25) is 0 Å². The molecule has 0 fully saturated rings. The molecule has 1 aliphatic rings. The van der Waals surface area contributed by atoms with Crippen LogP contribution in [0.1, 0.15) is 6.92 Å². The first-order valence-electron chi connectivity index (χ1n) is 3.22. The zero-order valence-corrected chi connectivity index (χ0v) is 5.98. The van der Waals surface area contributed by atoms with Crippen LogP contribution in [0.25, 0.3) is 0 Å². The van der Waals surface area contributed by atoms with Crippen LogP contribution in [-0.2, 0) is 4.74 Å². The van der Waals surface area contributed by atoms with E-state index in [2.05, 4.69) is 18.3 Å². The van der Waals surface area contributed by atoms with E-state index in [4.69, 9.17) is 4.74 Å². The van der Waals surface area contributed by atoms with E-state index in [1.165, 1.54) is 5.57 Å². The molecule has 2 heteroatoms. The van der Waals surface area contributed by atoms with Crippen molar-refractivity contribution in [3.05, 3.63) is 11.6 Å². The van der Waals surface area contributed by atoms with E-state index in [9.17, 15) is 0 Å². The molecule has 52 valence electrons. The summed E-state index contributed by atoms with van der Waals surface area (Å²) < 4.78 is 4.97. The van der Waals surface area contributed by atoms with Crippen molar-refractivity contribution in [2.75, 3.05) is 20.3 Å². The Bertz CT molecular complexity index is 120. The maximum Gasteiger partial charge on any atom is 0.0651 e. The lowest BCUT2D eigenvalue weighted by molar-refractivity contribution is 0.184. The minimum atomic E-state index is 0.454. The van der Waals surface area contributed by atoms with Crippen molar-refractivity contribution >= 4 is 0 Å². The molecule has 1 heterocycles. The monoisotopic (exact) mass is 127 g/mol. The van der Waals surface area contributed by atoms with Gasteiger partial charge >= 0.3 is 0 Å². The molecule has 0 saturated heterocycles. The van der Waals surface area contributed by atoms with Crippen LogP contribution < -0.4 is 5.32 Å². The lowest BCUT2D eigenvalue weighted by atomic mass is 10.3. The van der Waals surface area contributed by atoms with Gasteiger partial charge in [-0.25, -0.2) is 0 Å². The molecule has 0 aromatic carbocycles. The van der Waals surface area contributed by atoms with Crippen LogP contribution in [0.3, 0.4) is 0 Å². The zero-order valence-electron chi connectivity index (χ0n) is 5.98. The van der Waals surface area contributed by atoms with Crippen molar-refractivity contribution < 1.29 is 4.74 Å². The van der Waals surface area contributed by atoms with Crippen LogP contribution >= 0.6 is 0 Å². The summed E-state index contributed by atoms with van der Waals surface area (Å²) in [5.41, 5.74) is 1.41. The third-order valence-electron chi connectivity index (χ3n) is 1.48. The van der Waals surface area contributed by atoms with Crippen LogP contribution in [0.2, 0.25) is 0 Å². The van der Waals surface area contributed by atoms with Gasteiger partial charge in [0.15, 0.2) is 0 Å². The Morgan fingerprint density at radius 1 is 1.89 bits per heavy atom. The Balaban J connectivity index is 2.29. The number of rotatable bonds is 2. The molecule has 0 saturated carbocycles. The standard InChI is InChI=1S/C7H13NO/c1-6-3-7(5-9-2)8-4-6/h3,7-8H,4-5H2,1-2H3. The normalized spacial score (nSPS) is 26.4. The largest absolute Gasteiger partial charge is 0.383 e. The summed E-state index contributed by atoms with van der Waals surface area (Å²) in [6.45, 7) is 3.94. The van der Waals surface area contributed by atoms with E-state index < -0.39 is 0 Å². The number of hydrogen-bond donors (Lipinski definition) is 1. The van der Waals surface area contributed by atoms with Crippen LogP contribution in [0.4, 0.5) is 0 Å². The second-order valence-electron chi connectivity index (χ2n) is 2.46. The number of methoxy groups -OCH3 is 1. The lowest BCUT2D eigenvalue weighted by Gasteiger charge is -2.04. The van der Waals surface area contributed by atoms with Gasteiger partial charge in [-0.3, -0.25) is 0 Å². The second kappa shape index (κ2) is 2.99. The molecule has 1 N–H and O–H groups in total. The van der Waals surface area contributed by atoms with Crippen molar-refractivity contribution in [3.63, 3.8) is 0 Å². The maximum atomic E-state index is 4.97. The quantitative estimate of drug-likeness (QED) is 0.547. The van der Waals surface area contributed by atoms with Crippen molar-refractivity contribution in [2.45, 2.75) is 13.0 Å². The van der Waals surface area contributed by atoms with Gasteiger partial charge in [-0.1, -0.05) is 11.6 Å². The summed E-state index contributed by atoms with van der Waals surface area (Å²) in [5, 5.41) is 3.29. The molecule has 0 aliphatic carbocycles. The SMILES string of the molecule is COCC1C=C(C)CN1. The van der Waals surface area contributed by atoms with Gasteiger partial charge in [0.05, 0.1) is 6.61 Å². The Labute approximate surface area is 55.9 Å². The number of ether oxygens (including phenoxy) is 1. The highest BCUT2D eigenvalue weighted by atomic mass is 16.5. The molecule has 0 aromatic heterocycles. The van der Waals surface area contributed by atoms with Crippen molar-refractivity contribution in [3.8, 4) is 0 Å². The molecule has 1 atom stereocenters. The zero-order chi connectivity index (χ0) is 6.69. The predicted octanol–water partition coefficient (Wildman–Crippen LogP) is 0.551. The van der Waals surface area contributed by atoms with E-state index in [0.717, 1.165) is 13.2 Å². The summed E-state index contributed by atoms with van der Waals surface area (Å²) in [6.07, 6.45) is 2.21. The predicted molar refractivity (Wildman–Crippen MR) is 37.4 cm³/mol. The molecule has 0 aromatic rings. The summed E-state index contributed by atoms with van der Waals surface area (Å²) in [6, 6.07) is 0.454. The minimum absolute atomic E-state index is 0.454. The number of nitrogens with one attached hydrogen (secondary N) is 1. The smallest absolute Gasteiger partial charge is 0.0651 e. The van der Waals surface area contributed by atoms with Gasteiger partial charge in [-0.05, 0) is 6.92 Å². The van der Waals surface area contributed by atoms with E-state index in [0.29, 0.717) is 6.04 Å². The first kappa shape index (κ1) is 6.78. The summed E-state index contributed by atoms with van der Waals surface area (Å²) in [5.74, 6) is 0. The molecule has 1 rings (SSSR count). The van der Waals surface area contributed by atoms with Gasteiger partial charge in [0, 0.05) is 19.7 Å². The Morgan fingerprint density at radius 3 is 3.11 bits per heavy atom. The van der Waals surface area contributed by atoms with Gasteiger partial charge < -0.3 is 10.1 Å². The fraction of sp³-hybridized carbons (Fsp3) is 0.714. The fourth-order valence-corrected chi connectivity index (χ4v) is 1.04. The second-order valence-corrected chi connectivity index (χ2v) is 2.46. The molecular weight excluding hydrogens is 114 g/mol. The highest BCUT2D eigenvalue weighted by Gasteiger charge is 2.09. The topological polar surface area (TPSA) is 21.3 Å². The van der Waals surface area contributed by atoms with Crippen molar-refractivity contribution in [1.82, 2.24) is 5.32 Å². The fourth-order valence-electron chi connectivity index (χ4n) is 1.04. The molecular formula is C7H13NO. The Kier molecular flexibility index (Phi) is 2.25. The molecule has 9 heavy (non-hydrogen) atoms. The summed E-state index contributed by atoms with van der Waals surface area (Å²) in [4.78, 5) is 0. The third kappa shape index (κ3) is 1.80. The van der Waals surface area contributed by atoms with Gasteiger partial charge in [-0.15, -0.1) is 0 Å². The first-order valence-corrected chi connectivity index (χ1v) is 3.22. The van der Waals surface area contributed by atoms with Gasteiger partial charge in [0.25, 0.3) is 0 Å². The van der Waals surface area contributed by atoms with Gasteiger partial charge in [-0.2, -0.15) is 0 Å². The molecule has 0 amide bonds. The highest BCUT2D eigenvalue weighted by Crippen LogP contribution is 2.02. The van der Waals surface area contributed by atoms with E-state index in [1.807, 2.05) is 0 Å². The molecule has 2 nitrogen and oxygen atoms in total. The molecule has 0 bridgehead atoms. The Morgan fingerprint density at radius 2 is 2.67 bits per heavy atom. The average Bonchev–Trinajstić information content (AvgIpc) is 2.17. The van der Waals surface area contributed by atoms with E-state index >= 15 is 0 Å². The van der Waals surface area contributed by atoms with Gasteiger partial charge in [0.1, 0.15) is 0 Å². The summed E-state index contributed by atoms with van der Waals surface area (Å²) >= 11 is 0. The molecule has 1 aliphatic heterocycles. The highest BCUT2D eigenvalue weighted by molar-refractivity contribution is 5.12. The van der Waals surface area contributed by atoms with Crippen LogP contribution in [-0.4, -0.2) is 26.3 Å². The summed E-state index contributed by atoms with van der Waals surface area (Å²) in [7, 11) is 1.73. The van der Waals surface area contributed by atoms with Crippen LogP contribution in [0, 0.1) is 0 Å².